The number of rotatable bonds is 3. The fourth-order valence-corrected chi connectivity index (χ4v) is 3.62. The van der Waals surface area contributed by atoms with E-state index in [2.05, 4.69) is 47.5 Å². The highest BCUT2D eigenvalue weighted by molar-refractivity contribution is 5.76. The molecular formula is C18H24N2O. The van der Waals surface area contributed by atoms with Crippen LogP contribution in [0.4, 0.5) is 0 Å². The molecule has 3 rings (SSSR count). The Morgan fingerprint density at radius 3 is 2.95 bits per heavy atom. The van der Waals surface area contributed by atoms with E-state index < -0.39 is 0 Å². The SMILES string of the molecule is CC(=Cc1ccccc1)CN1CC[C@H]2NC(=O)CCC[C@H]21. The van der Waals surface area contributed by atoms with Crippen molar-refractivity contribution in [3.05, 3.63) is 41.5 Å². The predicted octanol–water partition coefficient (Wildman–Crippen LogP) is 2.83. The highest BCUT2D eigenvalue weighted by atomic mass is 16.1. The van der Waals surface area contributed by atoms with Crippen LogP contribution in [0, 0.1) is 0 Å². The number of fused-ring (bicyclic) bond motifs is 1. The molecule has 1 N–H and O–H groups in total. The average Bonchev–Trinajstić information content (AvgIpc) is 2.72. The van der Waals surface area contributed by atoms with Gasteiger partial charge >= 0.3 is 0 Å². The van der Waals surface area contributed by atoms with Gasteiger partial charge in [0.15, 0.2) is 0 Å². The molecule has 21 heavy (non-hydrogen) atoms. The molecule has 1 amide bonds. The molecule has 1 aromatic carbocycles. The third kappa shape index (κ3) is 3.53. The zero-order chi connectivity index (χ0) is 14.7. The number of benzene rings is 1. The quantitative estimate of drug-likeness (QED) is 0.925. The van der Waals surface area contributed by atoms with Gasteiger partial charge in [0.25, 0.3) is 0 Å². The van der Waals surface area contributed by atoms with Crippen LogP contribution in [0.3, 0.4) is 0 Å². The summed E-state index contributed by atoms with van der Waals surface area (Å²) in [4.78, 5) is 14.2. The third-order valence-corrected chi connectivity index (χ3v) is 4.58. The Kier molecular flexibility index (Phi) is 4.39. The second kappa shape index (κ2) is 6.44. The average molecular weight is 284 g/mol. The summed E-state index contributed by atoms with van der Waals surface area (Å²) in [5.74, 6) is 0.237. The van der Waals surface area contributed by atoms with Crippen molar-refractivity contribution in [3.8, 4) is 0 Å². The molecule has 2 fully saturated rings. The smallest absolute Gasteiger partial charge is 0.220 e. The molecule has 2 aliphatic heterocycles. The fraction of sp³-hybridized carbons (Fsp3) is 0.500. The summed E-state index contributed by atoms with van der Waals surface area (Å²) in [6.45, 7) is 4.30. The van der Waals surface area contributed by atoms with E-state index in [0.29, 0.717) is 18.5 Å². The molecule has 112 valence electrons. The minimum absolute atomic E-state index is 0.237. The van der Waals surface area contributed by atoms with Crippen molar-refractivity contribution < 1.29 is 4.79 Å². The molecule has 3 heteroatoms. The van der Waals surface area contributed by atoms with Gasteiger partial charge in [-0.25, -0.2) is 0 Å². The number of likely N-dealkylation sites (tertiary alicyclic amines) is 1. The summed E-state index contributed by atoms with van der Waals surface area (Å²) < 4.78 is 0. The Morgan fingerprint density at radius 2 is 2.14 bits per heavy atom. The van der Waals surface area contributed by atoms with Crippen molar-refractivity contribution in [2.24, 2.45) is 0 Å². The van der Waals surface area contributed by atoms with Crippen LogP contribution in [0.15, 0.2) is 35.9 Å². The topological polar surface area (TPSA) is 32.3 Å². The third-order valence-electron chi connectivity index (χ3n) is 4.58. The Bertz CT molecular complexity index is 523. The van der Waals surface area contributed by atoms with E-state index in [4.69, 9.17) is 0 Å². The molecule has 2 heterocycles. The number of hydrogen-bond donors (Lipinski definition) is 1. The van der Waals surface area contributed by atoms with Crippen LogP contribution in [0.2, 0.25) is 0 Å². The molecular weight excluding hydrogens is 260 g/mol. The lowest BCUT2D eigenvalue weighted by molar-refractivity contribution is -0.121. The zero-order valence-corrected chi connectivity index (χ0v) is 12.7. The van der Waals surface area contributed by atoms with E-state index >= 15 is 0 Å². The van der Waals surface area contributed by atoms with Gasteiger partial charge in [-0.15, -0.1) is 0 Å². The zero-order valence-electron chi connectivity index (χ0n) is 12.7. The van der Waals surface area contributed by atoms with Crippen molar-refractivity contribution in [3.63, 3.8) is 0 Å². The van der Waals surface area contributed by atoms with Gasteiger partial charge in [0.05, 0.1) is 0 Å². The van der Waals surface area contributed by atoms with Crippen LogP contribution >= 0.6 is 0 Å². The molecule has 0 saturated carbocycles. The molecule has 2 aliphatic rings. The number of nitrogens with one attached hydrogen (secondary N) is 1. The first-order valence-electron chi connectivity index (χ1n) is 7.98. The number of amides is 1. The van der Waals surface area contributed by atoms with Crippen molar-refractivity contribution in [2.45, 2.75) is 44.7 Å². The van der Waals surface area contributed by atoms with Crippen molar-refractivity contribution in [2.75, 3.05) is 13.1 Å². The van der Waals surface area contributed by atoms with Crippen LogP contribution in [0.25, 0.3) is 6.08 Å². The maximum Gasteiger partial charge on any atom is 0.220 e. The number of carbonyl (C=O) groups excluding carboxylic acids is 1. The molecule has 0 spiro atoms. The number of carbonyl (C=O) groups is 1. The molecule has 0 aromatic heterocycles. The largest absolute Gasteiger partial charge is 0.352 e. The van der Waals surface area contributed by atoms with E-state index in [1.807, 2.05) is 6.07 Å². The Balaban J connectivity index is 1.65. The maximum atomic E-state index is 11.7. The summed E-state index contributed by atoms with van der Waals surface area (Å²) in [5, 5.41) is 3.19. The standard InChI is InChI=1S/C18H24N2O/c1-14(12-15-6-3-2-4-7-15)13-20-11-10-16-17(20)8-5-9-18(21)19-16/h2-4,6-7,12,16-17H,5,8-11,13H2,1H3,(H,19,21)/t16-,17-/m1/s1. The number of nitrogens with zero attached hydrogens (tertiary/aromatic N) is 1. The minimum Gasteiger partial charge on any atom is -0.352 e. The molecule has 0 bridgehead atoms. The van der Waals surface area contributed by atoms with Crippen LogP contribution in [0.5, 0.6) is 0 Å². The molecule has 0 unspecified atom stereocenters. The molecule has 0 aliphatic carbocycles. The minimum atomic E-state index is 0.237. The molecule has 0 radical (unpaired) electrons. The lowest BCUT2D eigenvalue weighted by atomic mass is 10.0. The summed E-state index contributed by atoms with van der Waals surface area (Å²) in [7, 11) is 0. The summed E-state index contributed by atoms with van der Waals surface area (Å²) >= 11 is 0. The van der Waals surface area contributed by atoms with E-state index in [9.17, 15) is 4.79 Å². The van der Waals surface area contributed by atoms with Gasteiger partial charge in [-0.2, -0.15) is 0 Å². The van der Waals surface area contributed by atoms with Gasteiger partial charge < -0.3 is 5.32 Å². The Hall–Kier alpha value is -1.61. The van der Waals surface area contributed by atoms with Crippen LogP contribution in [-0.2, 0) is 4.79 Å². The summed E-state index contributed by atoms with van der Waals surface area (Å²) in [5.41, 5.74) is 2.65. The van der Waals surface area contributed by atoms with E-state index in [1.54, 1.807) is 0 Å². The van der Waals surface area contributed by atoms with E-state index in [1.165, 1.54) is 11.1 Å². The normalized spacial score (nSPS) is 27.1. The molecule has 1 aromatic rings. The summed E-state index contributed by atoms with van der Waals surface area (Å²) in [6, 6.07) is 11.4. The van der Waals surface area contributed by atoms with Crippen molar-refractivity contribution in [1.29, 1.82) is 0 Å². The molecule has 2 saturated heterocycles. The monoisotopic (exact) mass is 284 g/mol. The van der Waals surface area contributed by atoms with Gasteiger partial charge in [-0.1, -0.05) is 42.0 Å². The van der Waals surface area contributed by atoms with Crippen LogP contribution < -0.4 is 5.32 Å². The van der Waals surface area contributed by atoms with Gasteiger partial charge in [0, 0.05) is 31.6 Å². The first-order valence-corrected chi connectivity index (χ1v) is 7.98. The molecule has 3 nitrogen and oxygen atoms in total. The maximum absolute atomic E-state index is 11.7. The fourth-order valence-electron chi connectivity index (χ4n) is 3.62. The van der Waals surface area contributed by atoms with Gasteiger partial charge in [0.2, 0.25) is 5.91 Å². The first-order chi connectivity index (χ1) is 10.2. The summed E-state index contributed by atoms with van der Waals surface area (Å²) in [6.07, 6.45) is 6.21. The van der Waals surface area contributed by atoms with Crippen LogP contribution in [0.1, 0.15) is 38.2 Å². The molecule has 2 atom stereocenters. The van der Waals surface area contributed by atoms with Gasteiger partial charge in [0.1, 0.15) is 0 Å². The van der Waals surface area contributed by atoms with Gasteiger partial charge in [-0.05, 0) is 31.7 Å². The van der Waals surface area contributed by atoms with Crippen molar-refractivity contribution in [1.82, 2.24) is 10.2 Å². The Labute approximate surface area is 127 Å². The second-order valence-corrected chi connectivity index (χ2v) is 6.29. The number of hydrogen-bond acceptors (Lipinski definition) is 2. The highest BCUT2D eigenvalue weighted by Crippen LogP contribution is 2.26. The second-order valence-electron chi connectivity index (χ2n) is 6.29. The van der Waals surface area contributed by atoms with E-state index in [-0.39, 0.29) is 5.91 Å². The first kappa shape index (κ1) is 14.3. The predicted molar refractivity (Wildman–Crippen MR) is 85.9 cm³/mol. The van der Waals surface area contributed by atoms with Crippen LogP contribution in [-0.4, -0.2) is 36.0 Å². The van der Waals surface area contributed by atoms with Crippen molar-refractivity contribution >= 4 is 12.0 Å². The van der Waals surface area contributed by atoms with E-state index in [0.717, 1.165) is 32.4 Å². The van der Waals surface area contributed by atoms with Gasteiger partial charge in [-0.3, -0.25) is 9.69 Å². The highest BCUT2D eigenvalue weighted by Gasteiger charge is 2.36. The lowest BCUT2D eigenvalue weighted by Crippen LogP contribution is -2.43. The Morgan fingerprint density at radius 1 is 1.33 bits per heavy atom. The lowest BCUT2D eigenvalue weighted by Gasteiger charge is -2.27.